The molecule has 1 saturated carbocycles. The Bertz CT molecular complexity index is 1080. The van der Waals surface area contributed by atoms with Crippen LogP contribution in [0.3, 0.4) is 0 Å². The van der Waals surface area contributed by atoms with Gasteiger partial charge in [0.1, 0.15) is 5.82 Å². The molecule has 1 aliphatic carbocycles. The third-order valence-corrected chi connectivity index (χ3v) is 6.84. The molecular formula is C29H31F3O. The van der Waals surface area contributed by atoms with Crippen molar-refractivity contribution in [3.05, 3.63) is 88.7 Å². The molecule has 0 amide bonds. The highest BCUT2D eigenvalue weighted by Crippen LogP contribution is 2.37. The molecule has 0 saturated heterocycles. The predicted octanol–water partition coefficient (Wildman–Crippen LogP) is 8.38. The molecule has 4 heteroatoms. The lowest BCUT2D eigenvalue weighted by atomic mass is 9.79. The molecule has 3 aromatic rings. The molecule has 1 fully saturated rings. The van der Waals surface area contributed by atoms with Crippen molar-refractivity contribution in [3.63, 3.8) is 0 Å². The zero-order chi connectivity index (χ0) is 23.4. The van der Waals surface area contributed by atoms with Crippen LogP contribution in [0.25, 0.3) is 11.1 Å². The fourth-order valence-electron chi connectivity index (χ4n) is 4.74. The van der Waals surface area contributed by atoms with Crippen molar-refractivity contribution in [3.8, 4) is 16.9 Å². The molecule has 3 aromatic carbocycles. The first kappa shape index (κ1) is 23.4. The molecule has 0 aliphatic heterocycles. The van der Waals surface area contributed by atoms with Gasteiger partial charge >= 0.3 is 0 Å². The van der Waals surface area contributed by atoms with Gasteiger partial charge in [0.05, 0.1) is 6.61 Å². The zero-order valence-corrected chi connectivity index (χ0v) is 19.3. The predicted molar refractivity (Wildman–Crippen MR) is 127 cm³/mol. The molecule has 0 N–H and O–H groups in total. The summed E-state index contributed by atoms with van der Waals surface area (Å²) in [6.45, 7) is 4.24. The second-order valence-electron chi connectivity index (χ2n) is 9.22. The minimum Gasteiger partial charge on any atom is -0.490 e. The second-order valence-corrected chi connectivity index (χ2v) is 9.22. The normalized spacial score (nSPS) is 18.3. The lowest BCUT2D eigenvalue weighted by Gasteiger charge is -2.29. The highest BCUT2D eigenvalue weighted by molar-refractivity contribution is 5.65. The largest absolute Gasteiger partial charge is 0.490 e. The van der Waals surface area contributed by atoms with Crippen LogP contribution in [0.1, 0.15) is 61.6 Å². The maximum atomic E-state index is 14.8. The van der Waals surface area contributed by atoms with Gasteiger partial charge in [-0.1, -0.05) is 49.7 Å². The average Bonchev–Trinajstić information content (AvgIpc) is 2.83. The number of rotatable bonds is 7. The van der Waals surface area contributed by atoms with E-state index in [9.17, 15) is 13.2 Å². The van der Waals surface area contributed by atoms with Gasteiger partial charge in [-0.3, -0.25) is 0 Å². The van der Waals surface area contributed by atoms with Crippen LogP contribution in [0.15, 0.2) is 54.6 Å². The van der Waals surface area contributed by atoms with E-state index in [2.05, 4.69) is 6.92 Å². The van der Waals surface area contributed by atoms with Crippen LogP contribution in [0.4, 0.5) is 13.2 Å². The maximum Gasteiger partial charge on any atom is 0.201 e. The third kappa shape index (κ3) is 5.43. The van der Waals surface area contributed by atoms with Crippen LogP contribution in [0.5, 0.6) is 5.75 Å². The van der Waals surface area contributed by atoms with E-state index in [1.54, 1.807) is 19.1 Å². The first-order valence-electron chi connectivity index (χ1n) is 11.9. The van der Waals surface area contributed by atoms with E-state index < -0.39 is 11.6 Å². The van der Waals surface area contributed by atoms with E-state index >= 15 is 0 Å². The van der Waals surface area contributed by atoms with Gasteiger partial charge in [-0.25, -0.2) is 8.78 Å². The number of aryl methyl sites for hydroxylation is 2. The molecule has 0 spiro atoms. The van der Waals surface area contributed by atoms with Crippen molar-refractivity contribution < 1.29 is 17.9 Å². The van der Waals surface area contributed by atoms with Gasteiger partial charge in [-0.15, -0.1) is 0 Å². The molecule has 33 heavy (non-hydrogen) atoms. The molecule has 0 heterocycles. The van der Waals surface area contributed by atoms with Crippen LogP contribution in [0, 0.1) is 30.3 Å². The van der Waals surface area contributed by atoms with Crippen LogP contribution >= 0.6 is 0 Å². The minimum atomic E-state index is -0.936. The molecule has 174 valence electrons. The summed E-state index contributed by atoms with van der Waals surface area (Å²) in [6.07, 6.45) is 5.74. The SMILES string of the molecule is CCCc1ccc(-c2ccc(OCC3CCC(c4ccc(C)c(F)c4)CC3)c(F)c2F)cc1. The fraction of sp³-hybridized carbons (Fsp3) is 0.379. The maximum absolute atomic E-state index is 14.8. The smallest absolute Gasteiger partial charge is 0.201 e. The van der Waals surface area contributed by atoms with E-state index in [1.165, 1.54) is 11.6 Å². The quantitative estimate of drug-likeness (QED) is 0.350. The summed E-state index contributed by atoms with van der Waals surface area (Å²) in [6, 6.07) is 16.2. The number of hydrogen-bond acceptors (Lipinski definition) is 1. The van der Waals surface area contributed by atoms with Crippen LogP contribution in [0.2, 0.25) is 0 Å². The molecule has 1 nitrogen and oxygen atoms in total. The Morgan fingerprint density at radius 3 is 2.24 bits per heavy atom. The number of halogens is 3. The molecule has 0 unspecified atom stereocenters. The van der Waals surface area contributed by atoms with Crippen molar-refractivity contribution >= 4 is 0 Å². The van der Waals surface area contributed by atoms with Crippen molar-refractivity contribution in [2.24, 2.45) is 5.92 Å². The summed E-state index contributed by atoms with van der Waals surface area (Å²) in [5.74, 6) is -1.38. The molecule has 0 bridgehead atoms. The summed E-state index contributed by atoms with van der Waals surface area (Å²) in [5, 5.41) is 0. The first-order chi connectivity index (χ1) is 16.0. The van der Waals surface area contributed by atoms with Crippen molar-refractivity contribution in [2.75, 3.05) is 6.61 Å². The summed E-state index contributed by atoms with van der Waals surface area (Å²) >= 11 is 0. The summed E-state index contributed by atoms with van der Waals surface area (Å²) in [4.78, 5) is 0. The van der Waals surface area contributed by atoms with Gasteiger partial charge in [0.15, 0.2) is 11.6 Å². The molecule has 4 rings (SSSR count). The van der Waals surface area contributed by atoms with E-state index in [-0.39, 0.29) is 23.0 Å². The number of hydrogen-bond donors (Lipinski definition) is 0. The molecular weight excluding hydrogens is 421 g/mol. The fourth-order valence-corrected chi connectivity index (χ4v) is 4.74. The Morgan fingerprint density at radius 2 is 1.58 bits per heavy atom. The minimum absolute atomic E-state index is 0.0402. The van der Waals surface area contributed by atoms with E-state index in [1.807, 2.05) is 36.4 Å². The lowest BCUT2D eigenvalue weighted by molar-refractivity contribution is 0.192. The van der Waals surface area contributed by atoms with Gasteiger partial charge in [0.2, 0.25) is 5.82 Å². The van der Waals surface area contributed by atoms with Gasteiger partial charge in [0.25, 0.3) is 0 Å². The number of ether oxygens (including phenoxy) is 1. The first-order valence-corrected chi connectivity index (χ1v) is 11.9. The summed E-state index contributed by atoms with van der Waals surface area (Å²) in [7, 11) is 0. The van der Waals surface area contributed by atoms with E-state index in [0.29, 0.717) is 23.7 Å². The zero-order valence-electron chi connectivity index (χ0n) is 19.3. The van der Waals surface area contributed by atoms with Crippen LogP contribution in [-0.4, -0.2) is 6.61 Å². The highest BCUT2D eigenvalue weighted by atomic mass is 19.2. The van der Waals surface area contributed by atoms with Crippen molar-refractivity contribution in [2.45, 2.75) is 58.3 Å². The summed E-state index contributed by atoms with van der Waals surface area (Å²) < 4.78 is 49.1. The van der Waals surface area contributed by atoms with Gasteiger partial charge in [0, 0.05) is 5.56 Å². The average molecular weight is 453 g/mol. The Balaban J connectivity index is 1.35. The molecule has 0 aromatic heterocycles. The third-order valence-electron chi connectivity index (χ3n) is 6.84. The summed E-state index contributed by atoms with van der Waals surface area (Å²) in [5.41, 5.74) is 3.79. The molecule has 0 atom stereocenters. The van der Waals surface area contributed by atoms with Crippen LogP contribution < -0.4 is 4.74 Å². The molecule has 0 radical (unpaired) electrons. The highest BCUT2D eigenvalue weighted by Gasteiger charge is 2.24. The lowest BCUT2D eigenvalue weighted by Crippen LogP contribution is -2.19. The Kier molecular flexibility index (Phi) is 7.42. The van der Waals surface area contributed by atoms with E-state index in [4.69, 9.17) is 4.74 Å². The van der Waals surface area contributed by atoms with Crippen molar-refractivity contribution in [1.29, 1.82) is 0 Å². The topological polar surface area (TPSA) is 9.23 Å². The second kappa shape index (κ2) is 10.5. The van der Waals surface area contributed by atoms with Crippen LogP contribution in [-0.2, 0) is 6.42 Å². The van der Waals surface area contributed by atoms with Gasteiger partial charge in [-0.2, -0.15) is 4.39 Å². The standard InChI is InChI=1S/C29H31F3O/c1-3-4-20-6-13-23(14-7-20)25-15-16-27(29(32)28(25)31)33-18-21-8-11-22(12-9-21)24-10-5-19(2)26(30)17-24/h5-7,10,13-17,21-22H,3-4,8-9,11-12,18H2,1-2H3. The Morgan fingerprint density at radius 1 is 0.848 bits per heavy atom. The van der Waals surface area contributed by atoms with Crippen molar-refractivity contribution in [1.82, 2.24) is 0 Å². The number of benzene rings is 3. The monoisotopic (exact) mass is 452 g/mol. The van der Waals surface area contributed by atoms with Gasteiger partial charge in [-0.05, 0) is 91.3 Å². The van der Waals surface area contributed by atoms with E-state index in [0.717, 1.165) is 44.1 Å². The Labute approximate surface area is 194 Å². The Hall–Kier alpha value is -2.75. The molecule has 1 aliphatic rings. The van der Waals surface area contributed by atoms with Gasteiger partial charge < -0.3 is 4.74 Å².